The van der Waals surface area contributed by atoms with Crippen LogP contribution in [0.4, 0.5) is 15.4 Å². The minimum atomic E-state index is -2.41. The highest BCUT2D eigenvalue weighted by Crippen LogP contribution is 2.45. The summed E-state index contributed by atoms with van der Waals surface area (Å²) in [5.74, 6) is -2.05. The number of imide groups is 1. The lowest BCUT2D eigenvalue weighted by Crippen LogP contribution is -2.75. The highest BCUT2D eigenvalue weighted by molar-refractivity contribution is 6.80. The maximum absolute atomic E-state index is 13.2. The lowest BCUT2D eigenvalue weighted by atomic mass is 9.85. The van der Waals surface area contributed by atoms with Crippen LogP contribution in [-0.4, -0.2) is 64.2 Å². The van der Waals surface area contributed by atoms with Gasteiger partial charge in [-0.05, 0) is 70.7 Å². The van der Waals surface area contributed by atoms with E-state index >= 15 is 0 Å². The van der Waals surface area contributed by atoms with E-state index < -0.39 is 49.6 Å². The predicted octanol–water partition coefficient (Wildman–Crippen LogP) is 5.22. The largest absolute Gasteiger partial charge is 0.480 e. The van der Waals surface area contributed by atoms with Crippen molar-refractivity contribution in [3.63, 3.8) is 0 Å². The monoisotopic (exact) mass is 535 g/mol. The van der Waals surface area contributed by atoms with Crippen LogP contribution in [0.25, 0.3) is 0 Å². The zero-order valence-corrected chi connectivity index (χ0v) is 24.8. The Kier molecular flexibility index (Phi) is 8.24. The summed E-state index contributed by atoms with van der Waals surface area (Å²) < 4.78 is 12.4. The van der Waals surface area contributed by atoms with Crippen molar-refractivity contribution in [2.75, 3.05) is 4.90 Å². The highest BCUT2D eigenvalue weighted by atomic mass is 28.3. The van der Waals surface area contributed by atoms with Crippen molar-refractivity contribution >= 4 is 38.1 Å². The molecule has 0 aliphatic carbocycles. The number of carbonyl (C=O) groups excluding carboxylic acids is 3. The van der Waals surface area contributed by atoms with Gasteiger partial charge in [0.25, 0.3) is 0 Å². The number of ether oxygens (including phenoxy) is 2. The standard InChI is InChI=1S/C26H41N3O7Si/c1-24(2,3)35-22(33)28(23(34)36-25(4,5)6)18-15-16(12-13-27-18)14-17-19(21(31)32)29(20(17)30)37(10,11)26(7,8)9/h12-13,15,17,19H,14H2,1-11H3,(H,31,32). The van der Waals surface area contributed by atoms with Crippen LogP contribution in [-0.2, 0) is 25.5 Å². The summed E-state index contributed by atoms with van der Waals surface area (Å²) >= 11 is 0. The van der Waals surface area contributed by atoms with Gasteiger partial charge in [0.1, 0.15) is 23.1 Å². The SMILES string of the molecule is CC(C)(C)OC(=O)N(C(=O)OC(C)(C)C)c1cc(CC2C(=O)N([Si](C)(C)C(C)(C)C)C2C(=O)O)ccn1. The van der Waals surface area contributed by atoms with Crippen molar-refractivity contribution in [3.05, 3.63) is 23.9 Å². The number of anilines is 1. The first kappa shape index (κ1) is 30.3. The van der Waals surface area contributed by atoms with Gasteiger partial charge in [-0.3, -0.25) is 4.79 Å². The zero-order valence-electron chi connectivity index (χ0n) is 23.8. The second-order valence-corrected chi connectivity index (χ2v) is 18.0. The lowest BCUT2D eigenvalue weighted by molar-refractivity contribution is -0.163. The van der Waals surface area contributed by atoms with Gasteiger partial charge in [-0.1, -0.05) is 33.9 Å². The minimum absolute atomic E-state index is 0.0408. The summed E-state index contributed by atoms with van der Waals surface area (Å²) in [4.78, 5) is 56.3. The number of carboxylic acid groups (broad SMARTS) is 1. The Morgan fingerprint density at radius 3 is 1.89 bits per heavy atom. The summed E-state index contributed by atoms with van der Waals surface area (Å²) in [6.45, 7) is 20.1. The summed E-state index contributed by atoms with van der Waals surface area (Å²) in [7, 11) is -2.41. The Morgan fingerprint density at radius 2 is 1.49 bits per heavy atom. The fourth-order valence-electron chi connectivity index (χ4n) is 3.86. The quantitative estimate of drug-likeness (QED) is 0.402. The number of nitrogens with zero attached hydrogens (tertiary/aromatic N) is 3. The highest BCUT2D eigenvalue weighted by Gasteiger charge is 2.59. The summed E-state index contributed by atoms with van der Waals surface area (Å²) in [5.41, 5.74) is -1.20. The maximum Gasteiger partial charge on any atom is 0.425 e. The van der Waals surface area contributed by atoms with Crippen LogP contribution in [0.3, 0.4) is 0 Å². The van der Waals surface area contributed by atoms with Gasteiger partial charge < -0.3 is 19.1 Å². The summed E-state index contributed by atoms with van der Waals surface area (Å²) in [5, 5.41) is 9.77. The van der Waals surface area contributed by atoms with Crippen LogP contribution in [0.1, 0.15) is 67.9 Å². The molecule has 2 atom stereocenters. The molecule has 3 amide bonds. The first-order chi connectivity index (χ1) is 16.6. The molecule has 1 N–H and O–H groups in total. The number of carboxylic acids is 1. The Labute approximate surface area is 220 Å². The van der Waals surface area contributed by atoms with Crippen LogP contribution < -0.4 is 4.90 Å². The number of carbonyl (C=O) groups is 4. The Morgan fingerprint density at radius 1 is 1.00 bits per heavy atom. The number of rotatable bonds is 5. The lowest BCUT2D eigenvalue weighted by Gasteiger charge is -2.56. The van der Waals surface area contributed by atoms with E-state index in [2.05, 4.69) is 4.98 Å². The van der Waals surface area contributed by atoms with Crippen molar-refractivity contribution in [2.24, 2.45) is 5.92 Å². The van der Waals surface area contributed by atoms with E-state index in [-0.39, 0.29) is 23.2 Å². The smallest absolute Gasteiger partial charge is 0.425 e. The molecule has 0 bridgehead atoms. The van der Waals surface area contributed by atoms with Gasteiger partial charge in [-0.15, -0.1) is 0 Å². The van der Waals surface area contributed by atoms with E-state index in [0.717, 1.165) is 0 Å². The Bertz CT molecular complexity index is 1040. The van der Waals surface area contributed by atoms with Gasteiger partial charge in [0, 0.05) is 6.20 Å². The van der Waals surface area contributed by atoms with Gasteiger partial charge in [0.15, 0.2) is 8.24 Å². The van der Waals surface area contributed by atoms with Gasteiger partial charge in [0.05, 0.1) is 5.92 Å². The zero-order chi connectivity index (χ0) is 28.7. The predicted molar refractivity (Wildman–Crippen MR) is 142 cm³/mol. The number of hydrogen-bond donors (Lipinski definition) is 1. The molecule has 37 heavy (non-hydrogen) atoms. The number of β-lactam (4-membered cyclic amide) rings is 1. The molecule has 1 aliphatic rings. The molecule has 2 rings (SSSR count). The molecule has 1 aromatic heterocycles. The second-order valence-electron chi connectivity index (χ2n) is 12.9. The number of hydrogen-bond acceptors (Lipinski definition) is 7. The molecule has 0 spiro atoms. The van der Waals surface area contributed by atoms with Gasteiger partial charge in [0.2, 0.25) is 5.91 Å². The van der Waals surface area contributed by atoms with Crippen molar-refractivity contribution in [3.8, 4) is 0 Å². The normalized spacial score (nSPS) is 18.7. The molecule has 2 unspecified atom stereocenters. The number of aliphatic carboxylic acids is 1. The molecular weight excluding hydrogens is 494 g/mol. The molecule has 2 heterocycles. The third-order valence-corrected chi connectivity index (χ3v) is 11.9. The Hall–Kier alpha value is -2.95. The van der Waals surface area contributed by atoms with E-state index in [4.69, 9.17) is 9.47 Å². The molecule has 0 radical (unpaired) electrons. The molecule has 0 saturated carbocycles. The summed E-state index contributed by atoms with van der Waals surface area (Å²) in [6, 6.07) is 2.17. The molecule has 1 saturated heterocycles. The van der Waals surface area contributed by atoms with Crippen LogP contribution in [0.5, 0.6) is 0 Å². The first-order valence-electron chi connectivity index (χ1n) is 12.3. The number of pyridine rings is 1. The van der Waals surface area contributed by atoms with Gasteiger partial charge >= 0.3 is 18.2 Å². The molecule has 1 aliphatic heterocycles. The van der Waals surface area contributed by atoms with E-state index in [0.29, 0.717) is 10.5 Å². The minimum Gasteiger partial charge on any atom is -0.480 e. The number of amides is 3. The molecule has 206 valence electrons. The van der Waals surface area contributed by atoms with E-state index in [9.17, 15) is 24.3 Å². The molecule has 10 nitrogen and oxygen atoms in total. The fourth-order valence-corrected chi connectivity index (χ4v) is 6.28. The third kappa shape index (κ3) is 6.88. The molecule has 1 aromatic rings. The average molecular weight is 536 g/mol. The summed E-state index contributed by atoms with van der Waals surface area (Å²) in [6.07, 6.45) is -0.401. The van der Waals surface area contributed by atoms with Crippen LogP contribution in [0.15, 0.2) is 18.3 Å². The second kappa shape index (κ2) is 10.1. The maximum atomic E-state index is 13.2. The Balaban J connectivity index is 2.40. The van der Waals surface area contributed by atoms with E-state index in [1.54, 1.807) is 52.2 Å². The van der Waals surface area contributed by atoms with Crippen LogP contribution in [0, 0.1) is 5.92 Å². The molecular formula is C26H41N3O7Si. The fraction of sp³-hybridized carbons (Fsp3) is 0.654. The molecule has 1 fully saturated rings. The van der Waals surface area contributed by atoms with Crippen molar-refractivity contribution in [2.45, 2.75) is 104 Å². The van der Waals surface area contributed by atoms with Crippen molar-refractivity contribution in [1.29, 1.82) is 0 Å². The van der Waals surface area contributed by atoms with Crippen molar-refractivity contribution in [1.82, 2.24) is 9.55 Å². The third-order valence-electron chi connectivity index (χ3n) is 6.55. The number of aromatic nitrogens is 1. The van der Waals surface area contributed by atoms with Gasteiger partial charge in [-0.25, -0.2) is 19.4 Å². The topological polar surface area (TPSA) is 126 Å². The van der Waals surface area contributed by atoms with E-state index in [1.807, 2.05) is 33.9 Å². The van der Waals surface area contributed by atoms with E-state index in [1.165, 1.54) is 12.3 Å². The molecule has 0 aromatic carbocycles. The molecule has 11 heteroatoms. The van der Waals surface area contributed by atoms with Crippen molar-refractivity contribution < 1.29 is 33.8 Å². The van der Waals surface area contributed by atoms with Crippen LogP contribution >= 0.6 is 0 Å². The average Bonchev–Trinajstić information content (AvgIpc) is 2.66. The van der Waals surface area contributed by atoms with Crippen LogP contribution in [0.2, 0.25) is 18.1 Å². The first-order valence-corrected chi connectivity index (χ1v) is 15.3. The van der Waals surface area contributed by atoms with Gasteiger partial charge in [-0.2, -0.15) is 4.90 Å².